The van der Waals surface area contributed by atoms with Gasteiger partial charge in [-0.05, 0) is 17.7 Å². The normalized spacial score (nSPS) is 14.6. The van der Waals surface area contributed by atoms with Crippen molar-refractivity contribution in [1.82, 2.24) is 4.90 Å². The maximum absolute atomic E-state index is 12.9. The highest BCUT2D eigenvalue weighted by atomic mass is 16.5. The van der Waals surface area contributed by atoms with Gasteiger partial charge in [0.05, 0.1) is 19.8 Å². The van der Waals surface area contributed by atoms with Crippen LogP contribution < -0.4 is 4.90 Å². The van der Waals surface area contributed by atoms with Gasteiger partial charge < -0.3 is 9.64 Å². The van der Waals surface area contributed by atoms with E-state index in [1.54, 1.807) is 4.90 Å². The summed E-state index contributed by atoms with van der Waals surface area (Å²) in [6.07, 6.45) is 0. The fourth-order valence-corrected chi connectivity index (χ4v) is 2.42. The third-order valence-electron chi connectivity index (χ3n) is 3.60. The van der Waals surface area contributed by atoms with E-state index < -0.39 is 0 Å². The lowest BCUT2D eigenvalue weighted by molar-refractivity contribution is 0.0552. The van der Waals surface area contributed by atoms with Crippen molar-refractivity contribution in [2.24, 2.45) is 0 Å². The number of amides is 2. The average Bonchev–Trinajstić information content (AvgIpc) is 2.61. The van der Waals surface area contributed by atoms with Crippen LogP contribution in [0.5, 0.6) is 0 Å². The fraction of sp³-hybridized carbons (Fsp3) is 0.222. The van der Waals surface area contributed by atoms with E-state index in [1.807, 2.05) is 72.1 Å². The van der Waals surface area contributed by atoms with Crippen molar-refractivity contribution in [3.8, 4) is 0 Å². The van der Waals surface area contributed by atoms with Crippen LogP contribution in [0, 0.1) is 6.54 Å². The molecule has 1 heterocycles. The molecule has 4 nitrogen and oxygen atoms in total. The van der Waals surface area contributed by atoms with Crippen molar-refractivity contribution in [3.63, 3.8) is 0 Å². The number of urea groups is 1. The van der Waals surface area contributed by atoms with Crippen LogP contribution in [0.1, 0.15) is 5.56 Å². The SMILES string of the molecule is O=C(N1CCOCC1)N([CH]c1ccccc1)c1ccccc1. The summed E-state index contributed by atoms with van der Waals surface area (Å²) in [7, 11) is 0. The molecule has 0 aliphatic carbocycles. The minimum absolute atomic E-state index is 0.0154. The van der Waals surface area contributed by atoms with Crippen LogP contribution >= 0.6 is 0 Å². The second-order valence-electron chi connectivity index (χ2n) is 5.13. The van der Waals surface area contributed by atoms with E-state index in [4.69, 9.17) is 4.74 Å². The molecule has 0 saturated carbocycles. The zero-order chi connectivity index (χ0) is 15.2. The molecule has 0 unspecified atom stereocenters. The van der Waals surface area contributed by atoms with E-state index in [-0.39, 0.29) is 6.03 Å². The van der Waals surface area contributed by atoms with Crippen molar-refractivity contribution in [3.05, 3.63) is 72.8 Å². The molecule has 113 valence electrons. The molecule has 2 aromatic rings. The highest BCUT2D eigenvalue weighted by Gasteiger charge is 2.24. The summed E-state index contributed by atoms with van der Waals surface area (Å²) in [4.78, 5) is 16.4. The van der Waals surface area contributed by atoms with E-state index in [2.05, 4.69) is 0 Å². The van der Waals surface area contributed by atoms with E-state index >= 15 is 0 Å². The second kappa shape index (κ2) is 7.09. The summed E-state index contributed by atoms with van der Waals surface area (Å²) in [5.74, 6) is 0. The quantitative estimate of drug-likeness (QED) is 0.871. The number of hydrogen-bond donors (Lipinski definition) is 0. The third kappa shape index (κ3) is 3.46. The molecular formula is C18H19N2O2. The number of benzene rings is 2. The van der Waals surface area contributed by atoms with Crippen LogP contribution in [-0.4, -0.2) is 37.2 Å². The Balaban J connectivity index is 1.84. The van der Waals surface area contributed by atoms with Gasteiger partial charge in [-0.15, -0.1) is 0 Å². The lowest BCUT2D eigenvalue weighted by atomic mass is 10.2. The summed E-state index contributed by atoms with van der Waals surface area (Å²) < 4.78 is 5.33. The first-order chi connectivity index (χ1) is 10.8. The molecule has 22 heavy (non-hydrogen) atoms. The number of hydrogen-bond acceptors (Lipinski definition) is 2. The molecule has 0 bridgehead atoms. The fourth-order valence-electron chi connectivity index (χ4n) is 2.42. The maximum Gasteiger partial charge on any atom is 0.325 e. The Labute approximate surface area is 130 Å². The summed E-state index contributed by atoms with van der Waals surface area (Å²) in [5.41, 5.74) is 1.86. The van der Waals surface area contributed by atoms with Crippen molar-refractivity contribution < 1.29 is 9.53 Å². The van der Waals surface area contributed by atoms with Gasteiger partial charge in [-0.2, -0.15) is 0 Å². The topological polar surface area (TPSA) is 32.8 Å². The Bertz CT molecular complexity index is 595. The van der Waals surface area contributed by atoms with Gasteiger partial charge in [0.1, 0.15) is 0 Å². The van der Waals surface area contributed by atoms with E-state index in [0.29, 0.717) is 26.3 Å². The Morgan fingerprint density at radius 1 is 0.955 bits per heavy atom. The van der Waals surface area contributed by atoms with E-state index in [1.165, 1.54) is 0 Å². The predicted octanol–water partition coefficient (Wildman–Crippen LogP) is 3.16. The van der Waals surface area contributed by atoms with Gasteiger partial charge >= 0.3 is 6.03 Å². The zero-order valence-electron chi connectivity index (χ0n) is 12.4. The van der Waals surface area contributed by atoms with Crippen molar-refractivity contribution in [1.29, 1.82) is 0 Å². The first kappa shape index (κ1) is 14.6. The number of anilines is 1. The highest BCUT2D eigenvalue weighted by Crippen LogP contribution is 2.20. The van der Waals surface area contributed by atoms with Gasteiger partial charge in [0.25, 0.3) is 0 Å². The molecule has 1 aliphatic rings. The van der Waals surface area contributed by atoms with Crippen LogP contribution in [0.25, 0.3) is 0 Å². The highest BCUT2D eigenvalue weighted by molar-refractivity contribution is 5.94. The number of nitrogens with zero attached hydrogens (tertiary/aromatic N) is 2. The number of ether oxygens (including phenoxy) is 1. The Morgan fingerprint density at radius 3 is 2.18 bits per heavy atom. The molecule has 2 aromatic carbocycles. The number of morpholine rings is 1. The zero-order valence-corrected chi connectivity index (χ0v) is 12.4. The molecule has 0 atom stereocenters. The Morgan fingerprint density at radius 2 is 1.55 bits per heavy atom. The van der Waals surface area contributed by atoms with Gasteiger partial charge in [0, 0.05) is 18.8 Å². The number of para-hydroxylation sites is 1. The molecule has 1 saturated heterocycles. The summed E-state index contributed by atoms with van der Waals surface area (Å²) in [5, 5.41) is 0. The van der Waals surface area contributed by atoms with Crippen molar-refractivity contribution in [2.45, 2.75) is 0 Å². The second-order valence-corrected chi connectivity index (χ2v) is 5.13. The molecule has 2 amide bonds. The molecule has 0 spiro atoms. The van der Waals surface area contributed by atoms with Crippen molar-refractivity contribution in [2.75, 3.05) is 31.2 Å². The Hall–Kier alpha value is -2.33. The van der Waals surface area contributed by atoms with Gasteiger partial charge in [0.2, 0.25) is 0 Å². The first-order valence-corrected chi connectivity index (χ1v) is 7.45. The smallest absolute Gasteiger partial charge is 0.325 e. The number of carbonyl (C=O) groups is 1. The number of rotatable bonds is 3. The monoisotopic (exact) mass is 295 g/mol. The Kier molecular flexibility index (Phi) is 4.71. The minimum atomic E-state index is -0.0154. The van der Waals surface area contributed by atoms with Gasteiger partial charge in [0.15, 0.2) is 0 Å². The van der Waals surface area contributed by atoms with E-state index in [0.717, 1.165) is 11.3 Å². The minimum Gasteiger partial charge on any atom is -0.378 e. The molecule has 4 heteroatoms. The molecule has 1 fully saturated rings. The maximum atomic E-state index is 12.9. The third-order valence-corrected chi connectivity index (χ3v) is 3.60. The van der Waals surface area contributed by atoms with Crippen LogP contribution in [-0.2, 0) is 4.74 Å². The lowest BCUT2D eigenvalue weighted by Crippen LogP contribution is -2.47. The lowest BCUT2D eigenvalue weighted by Gasteiger charge is -2.32. The standard InChI is InChI=1S/C18H19N2O2/c21-18(19-11-13-22-14-12-19)20(17-9-5-2-6-10-17)15-16-7-3-1-4-8-16/h1-10,15H,11-14H2. The predicted molar refractivity (Wildman–Crippen MR) is 86.6 cm³/mol. The summed E-state index contributed by atoms with van der Waals surface area (Å²) >= 11 is 0. The van der Waals surface area contributed by atoms with Crippen LogP contribution in [0.4, 0.5) is 10.5 Å². The molecule has 1 aliphatic heterocycles. The first-order valence-electron chi connectivity index (χ1n) is 7.45. The molecule has 0 aromatic heterocycles. The molecular weight excluding hydrogens is 276 g/mol. The van der Waals surface area contributed by atoms with Gasteiger partial charge in [-0.1, -0.05) is 48.5 Å². The summed E-state index contributed by atoms with van der Waals surface area (Å²) in [6.45, 7) is 4.34. The molecule has 3 rings (SSSR count). The average molecular weight is 295 g/mol. The molecule has 1 radical (unpaired) electrons. The van der Waals surface area contributed by atoms with Gasteiger partial charge in [-0.25, -0.2) is 4.79 Å². The van der Waals surface area contributed by atoms with Crippen LogP contribution in [0.3, 0.4) is 0 Å². The van der Waals surface area contributed by atoms with E-state index in [9.17, 15) is 4.79 Å². The van der Waals surface area contributed by atoms with Gasteiger partial charge in [-0.3, -0.25) is 4.90 Å². The van der Waals surface area contributed by atoms with Crippen LogP contribution in [0.15, 0.2) is 60.7 Å². The van der Waals surface area contributed by atoms with Crippen molar-refractivity contribution >= 4 is 11.7 Å². The molecule has 0 N–H and O–H groups in total. The van der Waals surface area contributed by atoms with Crippen LogP contribution in [0.2, 0.25) is 0 Å². The number of carbonyl (C=O) groups excluding carboxylic acids is 1. The largest absolute Gasteiger partial charge is 0.378 e. The summed E-state index contributed by atoms with van der Waals surface area (Å²) in [6, 6.07) is 19.6.